The number of benzene rings is 1. The zero-order valence-corrected chi connectivity index (χ0v) is 12.7. The predicted octanol–water partition coefficient (Wildman–Crippen LogP) is 5.72. The van der Waals surface area contributed by atoms with E-state index in [-0.39, 0.29) is 0 Å². The lowest BCUT2D eigenvalue weighted by atomic mass is 9.86. The monoisotopic (exact) mass is 246 g/mol. The topological polar surface area (TPSA) is 0 Å². The second-order valence-electron chi connectivity index (χ2n) is 6.51. The normalized spacial score (nSPS) is 13.2. The minimum absolute atomic E-state index is 0.817. The van der Waals surface area contributed by atoms with Crippen molar-refractivity contribution in [3.05, 3.63) is 35.9 Å². The van der Waals surface area contributed by atoms with Crippen LogP contribution in [0.4, 0.5) is 0 Å². The third-order valence-corrected chi connectivity index (χ3v) is 3.57. The van der Waals surface area contributed by atoms with Gasteiger partial charge in [0.2, 0.25) is 0 Å². The Bertz CT molecular complexity index is 297. The first-order valence-corrected chi connectivity index (χ1v) is 7.61. The van der Waals surface area contributed by atoms with Crippen molar-refractivity contribution in [3.8, 4) is 0 Å². The Balaban J connectivity index is 2.45. The number of hydrogen-bond donors (Lipinski definition) is 0. The van der Waals surface area contributed by atoms with E-state index in [9.17, 15) is 0 Å². The summed E-state index contributed by atoms with van der Waals surface area (Å²) in [6, 6.07) is 11.0. The summed E-state index contributed by atoms with van der Waals surface area (Å²) in [5.74, 6) is 2.53. The summed E-state index contributed by atoms with van der Waals surface area (Å²) in [5, 5.41) is 0. The first-order chi connectivity index (χ1) is 8.58. The molecule has 1 rings (SSSR count). The van der Waals surface area contributed by atoms with Crippen molar-refractivity contribution in [1.29, 1.82) is 0 Å². The van der Waals surface area contributed by atoms with Crippen LogP contribution in [0.5, 0.6) is 0 Å². The van der Waals surface area contributed by atoms with Gasteiger partial charge in [0.25, 0.3) is 0 Å². The minimum atomic E-state index is 0.817. The Morgan fingerprint density at radius 2 is 1.50 bits per heavy atom. The van der Waals surface area contributed by atoms with Crippen molar-refractivity contribution < 1.29 is 0 Å². The molecule has 0 amide bonds. The van der Waals surface area contributed by atoms with Gasteiger partial charge in [-0.3, -0.25) is 0 Å². The highest BCUT2D eigenvalue weighted by atomic mass is 14.2. The quantitative estimate of drug-likeness (QED) is 0.550. The van der Waals surface area contributed by atoms with Crippen LogP contribution in [-0.4, -0.2) is 0 Å². The van der Waals surface area contributed by atoms with Gasteiger partial charge in [0.1, 0.15) is 0 Å². The van der Waals surface area contributed by atoms with Crippen molar-refractivity contribution in [1.82, 2.24) is 0 Å². The third-order valence-electron chi connectivity index (χ3n) is 3.57. The molecular formula is C18H30. The maximum atomic E-state index is 2.35. The summed E-state index contributed by atoms with van der Waals surface area (Å²) < 4.78 is 0. The molecule has 1 aromatic carbocycles. The second kappa shape index (κ2) is 8.34. The van der Waals surface area contributed by atoms with Crippen LogP contribution in [0.1, 0.15) is 58.9 Å². The van der Waals surface area contributed by atoms with Gasteiger partial charge in [0.15, 0.2) is 0 Å². The molecule has 0 aromatic heterocycles. The van der Waals surface area contributed by atoms with Gasteiger partial charge in [0.05, 0.1) is 0 Å². The molecule has 18 heavy (non-hydrogen) atoms. The highest BCUT2D eigenvalue weighted by molar-refractivity contribution is 5.15. The molecule has 0 aliphatic heterocycles. The van der Waals surface area contributed by atoms with Gasteiger partial charge >= 0.3 is 0 Å². The molecule has 0 spiro atoms. The summed E-state index contributed by atoms with van der Waals surface area (Å²) in [6.07, 6.45) is 6.79. The summed E-state index contributed by atoms with van der Waals surface area (Å²) in [5.41, 5.74) is 1.51. The predicted molar refractivity (Wildman–Crippen MR) is 81.8 cm³/mol. The first-order valence-electron chi connectivity index (χ1n) is 7.61. The molecule has 0 nitrogen and oxygen atoms in total. The summed E-state index contributed by atoms with van der Waals surface area (Å²) >= 11 is 0. The van der Waals surface area contributed by atoms with Crippen LogP contribution in [0.3, 0.4) is 0 Å². The van der Waals surface area contributed by atoms with E-state index < -0.39 is 0 Å². The highest BCUT2D eigenvalue weighted by Crippen LogP contribution is 2.23. The lowest BCUT2D eigenvalue weighted by Crippen LogP contribution is -2.09. The maximum absolute atomic E-state index is 2.35. The van der Waals surface area contributed by atoms with E-state index >= 15 is 0 Å². The largest absolute Gasteiger partial charge is 0.0628 e. The Labute approximate surface area is 114 Å². The van der Waals surface area contributed by atoms with Gasteiger partial charge in [-0.25, -0.2) is 0 Å². The Morgan fingerprint density at radius 3 is 2.06 bits per heavy atom. The van der Waals surface area contributed by atoms with E-state index in [1.807, 2.05) is 0 Å². The van der Waals surface area contributed by atoms with Crippen molar-refractivity contribution in [2.75, 3.05) is 0 Å². The molecule has 0 saturated carbocycles. The van der Waals surface area contributed by atoms with Crippen molar-refractivity contribution in [3.63, 3.8) is 0 Å². The van der Waals surface area contributed by atoms with Crippen LogP contribution in [0.25, 0.3) is 0 Å². The van der Waals surface area contributed by atoms with Crippen molar-refractivity contribution >= 4 is 0 Å². The van der Waals surface area contributed by atoms with Gasteiger partial charge in [0, 0.05) is 0 Å². The van der Waals surface area contributed by atoms with Crippen LogP contribution in [0.15, 0.2) is 30.3 Å². The molecule has 0 aliphatic carbocycles. The summed E-state index contributed by atoms with van der Waals surface area (Å²) in [6.45, 7) is 9.35. The standard InChI is InChI=1S/C18H30/c1-15(2)9-8-12-18(13-16(3)4)14-17-10-6-5-7-11-17/h5-7,10-11,15-16,18H,8-9,12-14H2,1-4H3. The first kappa shape index (κ1) is 15.3. The summed E-state index contributed by atoms with van der Waals surface area (Å²) in [4.78, 5) is 0. The van der Waals surface area contributed by atoms with Crippen molar-refractivity contribution in [2.45, 2.75) is 59.8 Å². The molecule has 1 atom stereocenters. The molecule has 1 unspecified atom stereocenters. The lowest BCUT2D eigenvalue weighted by molar-refractivity contribution is 0.361. The zero-order valence-electron chi connectivity index (χ0n) is 12.7. The van der Waals surface area contributed by atoms with Gasteiger partial charge in [-0.15, -0.1) is 0 Å². The second-order valence-corrected chi connectivity index (χ2v) is 6.51. The van der Waals surface area contributed by atoms with Crippen LogP contribution in [0, 0.1) is 17.8 Å². The molecule has 0 saturated heterocycles. The average molecular weight is 246 g/mol. The third kappa shape index (κ3) is 6.83. The van der Waals surface area contributed by atoms with Crippen LogP contribution in [-0.2, 0) is 6.42 Å². The number of rotatable bonds is 8. The highest BCUT2D eigenvalue weighted by Gasteiger charge is 2.12. The molecule has 0 radical (unpaired) electrons. The van der Waals surface area contributed by atoms with E-state index in [0.717, 1.165) is 17.8 Å². The van der Waals surface area contributed by atoms with E-state index in [4.69, 9.17) is 0 Å². The fraction of sp³-hybridized carbons (Fsp3) is 0.667. The average Bonchev–Trinajstić information content (AvgIpc) is 2.28. The molecule has 0 heteroatoms. The van der Waals surface area contributed by atoms with E-state index in [1.165, 1.54) is 37.7 Å². The maximum Gasteiger partial charge on any atom is -0.0250 e. The molecular weight excluding hydrogens is 216 g/mol. The van der Waals surface area contributed by atoms with Gasteiger partial charge in [-0.1, -0.05) is 77.3 Å². The van der Waals surface area contributed by atoms with Gasteiger partial charge in [-0.2, -0.15) is 0 Å². The van der Waals surface area contributed by atoms with Crippen LogP contribution in [0.2, 0.25) is 0 Å². The fourth-order valence-corrected chi connectivity index (χ4v) is 2.73. The van der Waals surface area contributed by atoms with E-state index in [2.05, 4.69) is 58.0 Å². The molecule has 0 N–H and O–H groups in total. The SMILES string of the molecule is CC(C)CCCC(Cc1ccccc1)CC(C)C. The zero-order chi connectivity index (χ0) is 13.4. The van der Waals surface area contributed by atoms with E-state index in [0.29, 0.717) is 0 Å². The smallest absolute Gasteiger partial charge is 0.0250 e. The summed E-state index contributed by atoms with van der Waals surface area (Å²) in [7, 11) is 0. The number of hydrogen-bond acceptors (Lipinski definition) is 0. The molecule has 0 aliphatic rings. The molecule has 102 valence electrons. The Morgan fingerprint density at radius 1 is 0.833 bits per heavy atom. The molecule has 0 heterocycles. The van der Waals surface area contributed by atoms with Gasteiger partial charge in [-0.05, 0) is 36.2 Å². The van der Waals surface area contributed by atoms with Crippen LogP contribution >= 0.6 is 0 Å². The molecule has 0 bridgehead atoms. The van der Waals surface area contributed by atoms with E-state index in [1.54, 1.807) is 0 Å². The Hall–Kier alpha value is -0.780. The molecule has 0 fully saturated rings. The van der Waals surface area contributed by atoms with Crippen molar-refractivity contribution in [2.24, 2.45) is 17.8 Å². The van der Waals surface area contributed by atoms with Gasteiger partial charge < -0.3 is 0 Å². The lowest BCUT2D eigenvalue weighted by Gasteiger charge is -2.19. The Kier molecular flexibility index (Phi) is 7.08. The molecule has 1 aromatic rings. The minimum Gasteiger partial charge on any atom is -0.0628 e. The fourth-order valence-electron chi connectivity index (χ4n) is 2.73. The van der Waals surface area contributed by atoms with Crippen LogP contribution < -0.4 is 0 Å².